The summed E-state index contributed by atoms with van der Waals surface area (Å²) in [5.41, 5.74) is -75.0. The van der Waals surface area contributed by atoms with Gasteiger partial charge >= 0.3 is 324 Å². The molecule has 0 bridgehead atoms. The average molecular weight is 1330 g/mol. The van der Waals surface area contributed by atoms with E-state index in [4.69, 9.17) is 0 Å². The van der Waals surface area contributed by atoms with Crippen molar-refractivity contribution >= 4 is 109 Å². The predicted octanol–water partition coefficient (Wildman–Crippen LogP) is 1.09. The maximum atomic E-state index is 14.0. The Bertz CT molecular complexity index is 2350. The van der Waals surface area contributed by atoms with Gasteiger partial charge in [0.05, 0.1) is 0 Å². The Morgan fingerprint density at radius 2 is 0.288 bits per heavy atom. The fraction of sp³-hybridized carbons (Fsp3) is 1.00. The Hall–Kier alpha value is -1.49. The number of sulfone groups is 1. The molecule has 56 heteroatoms. The summed E-state index contributed by atoms with van der Waals surface area (Å²) in [6.45, 7) is 0. The molecule has 22 nitrogen and oxygen atoms in total. The van der Waals surface area contributed by atoms with Crippen LogP contribution in [0.5, 0.6) is 0 Å². The average Bonchev–Trinajstić information content (AvgIpc) is 2.90. The molecule has 0 rings (SSSR count). The third-order valence-corrected chi connectivity index (χ3v) is 53.2. The van der Waals surface area contributed by atoms with Crippen LogP contribution in [0.4, 0.5) is 105 Å². The summed E-state index contributed by atoms with van der Waals surface area (Å²) in [7, 11) is -93.1. The van der Waals surface area contributed by atoms with Crippen molar-refractivity contribution in [3.05, 3.63) is 0 Å². The van der Waals surface area contributed by atoms with Crippen molar-refractivity contribution in [1.82, 2.24) is 7.73 Å². The summed E-state index contributed by atoms with van der Waals surface area (Å²) in [4.78, 5) is 0. The van der Waals surface area contributed by atoms with Crippen molar-refractivity contribution < 1.29 is 181 Å². The molecule has 0 N–H and O–H groups in total. The number of rotatable bonds is 12. The van der Waals surface area contributed by atoms with Crippen LogP contribution in [-0.4, -0.2) is 160 Å². The van der Waals surface area contributed by atoms with Crippen LogP contribution in [0.25, 0.3) is 0 Å². The van der Waals surface area contributed by atoms with Crippen LogP contribution < -0.4 is 0 Å². The van der Waals surface area contributed by atoms with Crippen molar-refractivity contribution in [3.8, 4) is 0 Å². The van der Waals surface area contributed by atoms with Crippen molar-refractivity contribution in [2.24, 2.45) is 0 Å². The second-order valence-corrected chi connectivity index (χ2v) is 43.5. The van der Waals surface area contributed by atoms with E-state index in [1.807, 2.05) is 0 Å². The standard InChI is InChI=1S/4C2F6NO4S2.C2H6O2S.Sn/c4*3-1(4,5)14(10,11)9-15(12,13)2(6,7)8;1-5(2,3)4;/h;;;;1-2H3;/q4*-1;;+4. The SMILES string of the molecule is CS(C)(=O)=O.O=S(=O)([N](S(=O)(=O)C(F)(F)F)[Sn]([N](S(=O)(=O)C(F)(F)F)S(=O)(=O)C(F)(F)F)([N](S(=O)(=O)C(F)(F)F)S(=O)(=O)C(F)(F)F)[N](S(=O)(=O)C(F)(F)F)S(=O)(=O)C(F)(F)F)C(F)(F)F. The fourth-order valence-corrected chi connectivity index (χ4v) is 66.1. The quantitative estimate of drug-likeness (QED) is 0.195. The van der Waals surface area contributed by atoms with Gasteiger partial charge < -0.3 is 0 Å². The summed E-state index contributed by atoms with van der Waals surface area (Å²) in [6, 6.07) is 0. The van der Waals surface area contributed by atoms with Crippen molar-refractivity contribution in [1.29, 1.82) is 0 Å². The van der Waals surface area contributed by atoms with E-state index in [-0.39, 0.29) is 0 Å². The van der Waals surface area contributed by atoms with Crippen LogP contribution in [0.1, 0.15) is 0 Å². The number of alkyl halides is 24. The van der Waals surface area contributed by atoms with E-state index in [9.17, 15) is 181 Å². The number of nitrogens with zero attached hydrogens (tertiary/aromatic N) is 4. The summed E-state index contributed by atoms with van der Waals surface area (Å²) in [5.74, 6) is 0. The summed E-state index contributed by atoms with van der Waals surface area (Å²) >= 11 is -15.9. The zero-order valence-electron chi connectivity index (χ0n) is 28.4. The van der Waals surface area contributed by atoms with E-state index in [0.717, 1.165) is 12.5 Å². The Morgan fingerprint density at radius 1 is 0.227 bits per heavy atom. The van der Waals surface area contributed by atoms with Crippen molar-refractivity contribution in [2.45, 2.75) is 44.1 Å². The van der Waals surface area contributed by atoms with Crippen LogP contribution in [0, 0.1) is 0 Å². The number of halogens is 24. The molecule has 0 saturated carbocycles. The first-order chi connectivity index (χ1) is 27.5. The van der Waals surface area contributed by atoms with Crippen LogP contribution in [0.3, 0.4) is 0 Å². The van der Waals surface area contributed by atoms with Gasteiger partial charge in [-0.05, 0) is 0 Å². The van der Waals surface area contributed by atoms with Gasteiger partial charge in [-0.1, -0.05) is 0 Å². The molecule has 66 heavy (non-hydrogen) atoms. The topological polar surface area (TPSA) is 320 Å². The first-order valence-corrected chi connectivity index (χ1v) is 31.3. The third kappa shape index (κ3) is 11.6. The van der Waals surface area contributed by atoms with Gasteiger partial charge in [0, 0.05) is 12.5 Å². The van der Waals surface area contributed by atoms with E-state index in [0.29, 0.717) is 0 Å². The van der Waals surface area contributed by atoms with Crippen LogP contribution in [-0.2, 0) is 90.0 Å². The summed E-state index contributed by atoms with van der Waals surface area (Å²) < 4.78 is 530. The molecule has 400 valence electrons. The number of hydrogen-bond donors (Lipinski definition) is 0. The Balaban J connectivity index is 0. The van der Waals surface area contributed by atoms with Gasteiger partial charge in [0.1, 0.15) is 9.84 Å². The molecule has 0 spiro atoms. The molecule has 0 atom stereocenters. The van der Waals surface area contributed by atoms with Gasteiger partial charge in [0.25, 0.3) is 0 Å². The molecule has 0 aromatic rings. The fourth-order valence-electron chi connectivity index (χ4n) is 2.96. The Morgan fingerprint density at radius 3 is 0.333 bits per heavy atom. The van der Waals surface area contributed by atoms with Gasteiger partial charge in [0.2, 0.25) is 0 Å². The first-order valence-electron chi connectivity index (χ1n) is 12.3. The second kappa shape index (κ2) is 17.7. The molecule has 0 fully saturated rings. The molecule has 0 aliphatic rings. The van der Waals surface area contributed by atoms with Gasteiger partial charge in [-0.2, -0.15) is 0 Å². The zero-order chi connectivity index (χ0) is 55.3. The predicted molar refractivity (Wildman–Crippen MR) is 154 cm³/mol. The van der Waals surface area contributed by atoms with Crippen molar-refractivity contribution in [2.75, 3.05) is 12.5 Å². The number of sulfonamides is 8. The molecule has 0 aromatic carbocycles. The number of hydrogen-bond acceptors (Lipinski definition) is 18. The van der Waals surface area contributed by atoms with E-state index < -0.39 is 161 Å². The zero-order valence-corrected chi connectivity index (χ0v) is 38.6. The van der Waals surface area contributed by atoms with E-state index in [2.05, 4.69) is 0 Å². The Kier molecular flexibility index (Phi) is 17.8. The molecule has 0 unspecified atom stereocenters. The van der Waals surface area contributed by atoms with Gasteiger partial charge in [0.15, 0.2) is 0 Å². The van der Waals surface area contributed by atoms with Crippen LogP contribution >= 0.6 is 0 Å². The minimum absolute atomic E-state index is 1.16. The van der Waals surface area contributed by atoms with Crippen LogP contribution in [0.15, 0.2) is 0 Å². The second-order valence-electron chi connectivity index (χ2n) is 10.1. The summed E-state index contributed by atoms with van der Waals surface area (Å²) in [6.07, 6.45) is 2.32. The van der Waals surface area contributed by atoms with Gasteiger partial charge in [-0.25, -0.2) is 8.42 Å². The van der Waals surface area contributed by atoms with Crippen molar-refractivity contribution in [3.63, 3.8) is 0 Å². The van der Waals surface area contributed by atoms with Gasteiger partial charge in [-0.15, -0.1) is 0 Å². The monoisotopic (exact) mass is 1330 g/mol. The maximum absolute atomic E-state index is 15.9. The molecule has 0 amide bonds. The normalized spacial score (nSPS) is 16.5. The van der Waals surface area contributed by atoms with Crippen LogP contribution in [0.2, 0.25) is 0 Å². The molecule has 0 saturated heterocycles. The summed E-state index contributed by atoms with van der Waals surface area (Å²) in [5, 5.41) is 0. The molecular formula is C10H6F24N4O18S9Sn. The Labute approximate surface area is 353 Å². The van der Waals surface area contributed by atoms with E-state index in [1.54, 1.807) is 0 Å². The molecule has 0 aromatic heterocycles. The first kappa shape index (κ1) is 66.6. The molecule has 0 heterocycles. The van der Waals surface area contributed by atoms with E-state index >= 15 is 0 Å². The molecule has 0 aliphatic carbocycles. The minimum atomic E-state index is -15.9. The molecule has 0 aliphatic heterocycles. The third-order valence-electron chi connectivity index (χ3n) is 5.07. The van der Waals surface area contributed by atoms with E-state index in [1.165, 1.54) is 0 Å². The molecular weight excluding hydrogens is 1330 g/mol. The van der Waals surface area contributed by atoms with Gasteiger partial charge in [-0.3, -0.25) is 0 Å². The molecule has 0 radical (unpaired) electrons.